The van der Waals surface area contributed by atoms with Gasteiger partial charge in [-0.15, -0.1) is 0 Å². The molecular weight excluding hydrogens is 308 g/mol. The van der Waals surface area contributed by atoms with Crippen molar-refractivity contribution in [2.24, 2.45) is 0 Å². The number of nitrogens with zero attached hydrogens (tertiary/aromatic N) is 4. The minimum absolute atomic E-state index is 0.145. The van der Waals surface area contributed by atoms with E-state index in [4.69, 9.17) is 9.57 Å². The summed E-state index contributed by atoms with van der Waals surface area (Å²) in [7, 11) is -1.58. The Morgan fingerprint density at radius 1 is 1.41 bits per heavy atom. The number of aromatic nitrogens is 3. The molecular formula is C12H17N4O5Si-. The van der Waals surface area contributed by atoms with Crippen LogP contribution in [0.1, 0.15) is 0 Å². The van der Waals surface area contributed by atoms with Gasteiger partial charge in [0.15, 0.2) is 0 Å². The predicted molar refractivity (Wildman–Crippen MR) is 81.7 cm³/mol. The van der Waals surface area contributed by atoms with Crippen LogP contribution in [-0.4, -0.2) is 40.9 Å². The van der Waals surface area contributed by atoms with Crippen LogP contribution in [0.5, 0.6) is 0 Å². The van der Waals surface area contributed by atoms with Crippen LogP contribution in [0.2, 0.25) is 25.7 Å². The second-order valence-corrected chi connectivity index (χ2v) is 12.8. The van der Waals surface area contributed by atoms with Gasteiger partial charge in [-0.2, -0.15) is 0 Å². The number of nitro benzene ring substituents is 1. The second kappa shape index (κ2) is 6.09. The van der Waals surface area contributed by atoms with Crippen molar-refractivity contribution in [3.05, 3.63) is 28.3 Å². The van der Waals surface area contributed by atoms with E-state index in [1.54, 1.807) is 0 Å². The summed E-state index contributed by atoms with van der Waals surface area (Å²) in [4.78, 5) is 27.5. The molecule has 0 aliphatic rings. The van der Waals surface area contributed by atoms with E-state index in [1.807, 2.05) is 0 Å². The first-order valence-electron chi connectivity index (χ1n) is 6.90. The first-order valence-corrected chi connectivity index (χ1v) is 11.2. The summed E-state index contributed by atoms with van der Waals surface area (Å²) < 4.78 is 4.98. The molecule has 1 aromatic carbocycles. The van der Waals surface area contributed by atoms with Crippen LogP contribution in [0, 0.1) is 10.1 Å². The summed E-state index contributed by atoms with van der Waals surface area (Å²) in [6, 6.07) is 4.80. The molecule has 2 aromatic rings. The molecule has 22 heavy (non-hydrogen) atoms. The van der Waals surface area contributed by atoms with Crippen LogP contribution in [0.25, 0.3) is 11.0 Å². The van der Waals surface area contributed by atoms with E-state index in [9.17, 15) is 14.9 Å². The van der Waals surface area contributed by atoms with Crippen LogP contribution < -0.4 is 4.84 Å². The monoisotopic (exact) mass is 325 g/mol. The van der Waals surface area contributed by atoms with Crippen molar-refractivity contribution in [2.75, 3.05) is 6.61 Å². The summed E-state index contributed by atoms with van der Waals surface area (Å²) in [5.41, 5.74) is 0.452. The van der Waals surface area contributed by atoms with Crippen molar-refractivity contribution in [2.45, 2.75) is 25.7 Å². The second-order valence-electron chi connectivity index (χ2n) is 6.33. The Morgan fingerprint density at radius 3 is 2.77 bits per heavy atom. The van der Waals surface area contributed by atoms with Crippen molar-refractivity contribution in [1.82, 2.24) is 15.2 Å². The Hall–Kier alpha value is -2.49. The fourth-order valence-corrected chi connectivity index (χ4v) is 2.49. The molecule has 10 heteroatoms. The zero-order valence-electron chi connectivity index (χ0n) is 12.6. The average Bonchev–Trinajstić information content (AvgIpc) is 2.79. The van der Waals surface area contributed by atoms with Gasteiger partial charge in [-0.1, -0.05) is 0 Å². The van der Waals surface area contributed by atoms with Crippen molar-refractivity contribution in [3.8, 4) is 0 Å². The fraction of sp³-hybridized carbons (Fsp3) is 0.417. The van der Waals surface area contributed by atoms with E-state index in [-0.39, 0.29) is 17.8 Å². The zero-order chi connectivity index (χ0) is 16.3. The molecule has 0 aliphatic heterocycles. The molecule has 0 bridgehead atoms. The van der Waals surface area contributed by atoms with E-state index >= 15 is 0 Å². The molecule has 0 radical (unpaired) electrons. The van der Waals surface area contributed by atoms with E-state index < -0.39 is 19.2 Å². The number of hydrogen-bond acceptors (Lipinski definition) is 7. The molecule has 9 nitrogen and oxygen atoms in total. The Kier molecular flexibility index (Phi) is 4.40. The standard InChI is InChI=1S/C12H17N4O5Si/c1-22(2,3)7-6-20-12(17)21-15-11-8-9(16(18)19)4-5-10(11)13-14-15/h4-5,8,22H,6-7H2,1-3H3/q-1. The Morgan fingerprint density at radius 2 is 2.14 bits per heavy atom. The number of non-ortho nitro benzene ring substituents is 1. The molecule has 0 fully saturated rings. The molecule has 0 aliphatic carbocycles. The molecule has 1 heterocycles. The Balaban J connectivity index is 2.06. The molecule has 0 unspecified atom stereocenters. The van der Waals surface area contributed by atoms with Gasteiger partial charge in [0.2, 0.25) is 0 Å². The molecule has 0 saturated carbocycles. The van der Waals surface area contributed by atoms with Gasteiger partial charge < -0.3 is 0 Å². The molecule has 1 aromatic heterocycles. The van der Waals surface area contributed by atoms with Gasteiger partial charge in [0.25, 0.3) is 0 Å². The number of nitro groups is 1. The van der Waals surface area contributed by atoms with E-state index in [2.05, 4.69) is 30.0 Å². The molecule has 0 N–H and O–H groups in total. The Labute approximate surface area is 126 Å². The first-order chi connectivity index (χ1) is 10.3. The number of hydrogen-bond donors (Lipinski definition) is 0. The van der Waals surface area contributed by atoms with Gasteiger partial charge in [0.05, 0.1) is 0 Å². The van der Waals surface area contributed by atoms with Gasteiger partial charge in [-0.25, -0.2) is 0 Å². The number of carbonyl (C=O) groups excluding carboxylic acids is 1. The minimum atomic E-state index is -1.58. The number of ether oxygens (including phenoxy) is 1. The zero-order valence-corrected chi connectivity index (χ0v) is 13.7. The third-order valence-corrected chi connectivity index (χ3v) is 4.94. The summed E-state index contributed by atoms with van der Waals surface area (Å²) in [5, 5.41) is 18.1. The number of rotatable bonds is 5. The third-order valence-electron chi connectivity index (χ3n) is 2.97. The molecule has 0 atom stereocenters. The van der Waals surface area contributed by atoms with Crippen molar-refractivity contribution in [3.63, 3.8) is 0 Å². The predicted octanol–water partition coefficient (Wildman–Crippen LogP) is 1.98. The van der Waals surface area contributed by atoms with Gasteiger partial charge in [-0.05, 0) is 0 Å². The number of benzene rings is 1. The summed E-state index contributed by atoms with van der Waals surface area (Å²) in [6.45, 7) is 6.84. The maximum absolute atomic E-state index is 11.6. The normalized spacial score (nSPS) is 12.1. The van der Waals surface area contributed by atoms with E-state index in [0.29, 0.717) is 5.52 Å². The van der Waals surface area contributed by atoms with Crippen LogP contribution in [0.15, 0.2) is 18.2 Å². The quantitative estimate of drug-likeness (QED) is 0.272. The molecule has 120 valence electrons. The van der Waals surface area contributed by atoms with Crippen molar-refractivity contribution < 1.29 is 19.3 Å². The molecule has 0 spiro atoms. The molecule has 0 amide bonds. The SMILES string of the molecule is C[SiH-](C)(C)CCOC(=O)On1nnc2ccc([N+](=O)[O-])cc21. The number of fused-ring (bicyclic) bond motifs is 1. The first kappa shape index (κ1) is 15.9. The van der Waals surface area contributed by atoms with Gasteiger partial charge in [0.1, 0.15) is 0 Å². The van der Waals surface area contributed by atoms with E-state index in [1.165, 1.54) is 18.2 Å². The van der Waals surface area contributed by atoms with Crippen LogP contribution in [0.4, 0.5) is 10.5 Å². The van der Waals surface area contributed by atoms with Crippen LogP contribution >= 0.6 is 0 Å². The summed E-state index contributed by atoms with van der Waals surface area (Å²) in [6.07, 6.45) is -0.915. The van der Waals surface area contributed by atoms with Gasteiger partial charge >= 0.3 is 126 Å². The van der Waals surface area contributed by atoms with E-state index in [0.717, 1.165) is 10.9 Å². The average molecular weight is 325 g/mol. The van der Waals surface area contributed by atoms with Crippen LogP contribution in [-0.2, 0) is 4.74 Å². The fourth-order valence-electron chi connectivity index (χ4n) is 1.66. The van der Waals surface area contributed by atoms with Gasteiger partial charge in [0, 0.05) is 0 Å². The molecule has 2 rings (SSSR count). The van der Waals surface area contributed by atoms with Crippen molar-refractivity contribution in [1.29, 1.82) is 0 Å². The third kappa shape index (κ3) is 4.01. The van der Waals surface area contributed by atoms with Gasteiger partial charge in [-0.3, -0.25) is 0 Å². The maximum atomic E-state index is 11.6. The summed E-state index contributed by atoms with van der Waals surface area (Å²) in [5.74, 6) is 0. The van der Waals surface area contributed by atoms with Crippen molar-refractivity contribution >= 4 is 31.0 Å². The summed E-state index contributed by atoms with van der Waals surface area (Å²) >= 11 is 0. The Bertz CT molecular complexity index is 709. The number of carbonyl (C=O) groups is 1. The van der Waals surface area contributed by atoms with Crippen LogP contribution in [0.3, 0.4) is 0 Å². The topological polar surface area (TPSA) is 109 Å². The molecule has 0 saturated heterocycles.